The SMILES string of the molecule is CCCCN(CCCC)c1ccccc1CCN. The van der Waals surface area contributed by atoms with Crippen molar-refractivity contribution in [2.24, 2.45) is 5.73 Å². The maximum absolute atomic E-state index is 5.71. The van der Waals surface area contributed by atoms with Gasteiger partial charge in [0.1, 0.15) is 0 Å². The number of nitrogens with zero attached hydrogens (tertiary/aromatic N) is 1. The third-order valence-corrected chi connectivity index (χ3v) is 3.31. The van der Waals surface area contributed by atoms with E-state index in [2.05, 4.69) is 43.0 Å². The highest BCUT2D eigenvalue weighted by atomic mass is 15.1. The molecule has 102 valence electrons. The molecule has 0 amide bonds. The van der Waals surface area contributed by atoms with Gasteiger partial charge >= 0.3 is 0 Å². The Morgan fingerprint density at radius 2 is 1.61 bits per heavy atom. The molecule has 0 spiro atoms. The first kappa shape index (κ1) is 15.0. The van der Waals surface area contributed by atoms with Crippen LogP contribution in [-0.2, 0) is 6.42 Å². The van der Waals surface area contributed by atoms with Crippen molar-refractivity contribution in [2.45, 2.75) is 46.0 Å². The van der Waals surface area contributed by atoms with Crippen molar-refractivity contribution in [1.82, 2.24) is 0 Å². The molecule has 2 N–H and O–H groups in total. The fourth-order valence-corrected chi connectivity index (χ4v) is 2.24. The lowest BCUT2D eigenvalue weighted by molar-refractivity contribution is 0.675. The lowest BCUT2D eigenvalue weighted by Gasteiger charge is -2.27. The highest BCUT2D eigenvalue weighted by Gasteiger charge is 2.09. The molecule has 2 heteroatoms. The van der Waals surface area contributed by atoms with Crippen LogP contribution in [0.5, 0.6) is 0 Å². The van der Waals surface area contributed by atoms with Gasteiger partial charge in [0.25, 0.3) is 0 Å². The number of hydrogen-bond donors (Lipinski definition) is 1. The summed E-state index contributed by atoms with van der Waals surface area (Å²) in [6, 6.07) is 8.72. The third-order valence-electron chi connectivity index (χ3n) is 3.31. The number of para-hydroxylation sites is 1. The average molecular weight is 248 g/mol. The predicted octanol–water partition coefficient (Wildman–Crippen LogP) is 3.59. The first-order valence-electron chi connectivity index (χ1n) is 7.36. The van der Waals surface area contributed by atoms with Crippen LogP contribution in [0.2, 0.25) is 0 Å². The Balaban J connectivity index is 2.81. The van der Waals surface area contributed by atoms with Crippen LogP contribution in [0.1, 0.15) is 45.1 Å². The zero-order valence-corrected chi connectivity index (χ0v) is 12.0. The van der Waals surface area contributed by atoms with Crippen molar-refractivity contribution >= 4 is 5.69 Å². The molecule has 0 saturated carbocycles. The first-order valence-corrected chi connectivity index (χ1v) is 7.36. The van der Waals surface area contributed by atoms with Crippen molar-refractivity contribution in [2.75, 3.05) is 24.5 Å². The molecule has 1 rings (SSSR count). The Morgan fingerprint density at radius 3 is 2.17 bits per heavy atom. The van der Waals surface area contributed by atoms with Crippen molar-refractivity contribution in [1.29, 1.82) is 0 Å². The minimum atomic E-state index is 0.729. The van der Waals surface area contributed by atoms with Crippen LogP contribution in [0.15, 0.2) is 24.3 Å². The quantitative estimate of drug-likeness (QED) is 0.723. The molecule has 0 heterocycles. The minimum absolute atomic E-state index is 0.729. The van der Waals surface area contributed by atoms with E-state index < -0.39 is 0 Å². The zero-order valence-electron chi connectivity index (χ0n) is 12.0. The van der Waals surface area contributed by atoms with Crippen LogP contribution in [0.25, 0.3) is 0 Å². The van der Waals surface area contributed by atoms with E-state index in [0.717, 1.165) is 26.1 Å². The molecular formula is C16H28N2. The van der Waals surface area contributed by atoms with Gasteiger partial charge < -0.3 is 10.6 Å². The summed E-state index contributed by atoms with van der Waals surface area (Å²) in [6.45, 7) is 7.57. The van der Waals surface area contributed by atoms with Gasteiger partial charge in [-0.05, 0) is 37.4 Å². The summed E-state index contributed by atoms with van der Waals surface area (Å²) in [7, 11) is 0. The van der Waals surface area contributed by atoms with Crippen LogP contribution in [0, 0.1) is 0 Å². The molecule has 0 aliphatic rings. The zero-order chi connectivity index (χ0) is 13.2. The molecule has 0 aliphatic heterocycles. The summed E-state index contributed by atoms with van der Waals surface area (Å²) >= 11 is 0. The van der Waals surface area contributed by atoms with E-state index in [-0.39, 0.29) is 0 Å². The molecule has 0 bridgehead atoms. The van der Waals surface area contributed by atoms with Crippen molar-refractivity contribution in [3.05, 3.63) is 29.8 Å². The lowest BCUT2D eigenvalue weighted by atomic mass is 10.1. The topological polar surface area (TPSA) is 29.3 Å². The van der Waals surface area contributed by atoms with Crippen LogP contribution in [-0.4, -0.2) is 19.6 Å². The molecule has 0 aliphatic carbocycles. The number of nitrogens with two attached hydrogens (primary N) is 1. The largest absolute Gasteiger partial charge is 0.371 e. The van der Waals surface area contributed by atoms with Crippen LogP contribution in [0.4, 0.5) is 5.69 Å². The number of rotatable bonds is 9. The molecule has 0 unspecified atom stereocenters. The van der Waals surface area contributed by atoms with Gasteiger partial charge in [0.2, 0.25) is 0 Å². The molecule has 1 aromatic carbocycles. The van der Waals surface area contributed by atoms with E-state index >= 15 is 0 Å². The van der Waals surface area contributed by atoms with Crippen LogP contribution in [0.3, 0.4) is 0 Å². The Hall–Kier alpha value is -1.02. The van der Waals surface area contributed by atoms with Gasteiger partial charge in [-0.3, -0.25) is 0 Å². The third kappa shape index (κ3) is 4.69. The second-order valence-electron chi connectivity index (χ2n) is 4.86. The lowest BCUT2D eigenvalue weighted by Crippen LogP contribution is -2.27. The molecule has 1 aromatic rings. The second kappa shape index (κ2) is 8.98. The number of benzene rings is 1. The van der Waals surface area contributed by atoms with Gasteiger partial charge in [-0.25, -0.2) is 0 Å². The molecule has 0 atom stereocenters. The molecule has 2 nitrogen and oxygen atoms in total. The highest BCUT2D eigenvalue weighted by molar-refractivity contribution is 5.53. The van der Waals surface area contributed by atoms with Gasteiger partial charge in [-0.1, -0.05) is 44.9 Å². The molecule has 0 radical (unpaired) electrons. The molecular weight excluding hydrogens is 220 g/mol. The van der Waals surface area contributed by atoms with E-state index in [1.165, 1.54) is 36.9 Å². The molecule has 0 aromatic heterocycles. The van der Waals surface area contributed by atoms with Crippen LogP contribution < -0.4 is 10.6 Å². The van der Waals surface area contributed by atoms with Crippen LogP contribution >= 0.6 is 0 Å². The van der Waals surface area contributed by atoms with E-state index in [9.17, 15) is 0 Å². The normalized spacial score (nSPS) is 10.6. The smallest absolute Gasteiger partial charge is 0.0399 e. The van der Waals surface area contributed by atoms with Crippen molar-refractivity contribution < 1.29 is 0 Å². The molecule has 0 saturated heterocycles. The van der Waals surface area contributed by atoms with E-state index in [4.69, 9.17) is 5.73 Å². The molecule has 18 heavy (non-hydrogen) atoms. The summed E-state index contributed by atoms with van der Waals surface area (Å²) in [6.07, 6.45) is 6.01. The monoisotopic (exact) mass is 248 g/mol. The predicted molar refractivity (Wildman–Crippen MR) is 81.2 cm³/mol. The Morgan fingerprint density at radius 1 is 1.00 bits per heavy atom. The minimum Gasteiger partial charge on any atom is -0.371 e. The first-order chi connectivity index (χ1) is 8.83. The summed E-state index contributed by atoms with van der Waals surface area (Å²) in [5, 5.41) is 0. The highest BCUT2D eigenvalue weighted by Crippen LogP contribution is 2.21. The summed E-state index contributed by atoms with van der Waals surface area (Å²) in [4.78, 5) is 2.54. The van der Waals surface area contributed by atoms with E-state index in [1.807, 2.05) is 0 Å². The molecule has 0 fully saturated rings. The number of anilines is 1. The van der Waals surface area contributed by atoms with E-state index in [0.29, 0.717) is 0 Å². The summed E-state index contributed by atoms with van der Waals surface area (Å²) in [5.74, 6) is 0. The van der Waals surface area contributed by atoms with Gasteiger partial charge in [0, 0.05) is 18.8 Å². The van der Waals surface area contributed by atoms with Gasteiger partial charge in [-0.2, -0.15) is 0 Å². The standard InChI is InChI=1S/C16H28N2/c1-3-5-13-18(14-6-4-2)16-10-8-7-9-15(16)11-12-17/h7-10H,3-6,11-14,17H2,1-2H3. The maximum Gasteiger partial charge on any atom is 0.0399 e. The van der Waals surface area contributed by atoms with Gasteiger partial charge in [0.15, 0.2) is 0 Å². The maximum atomic E-state index is 5.71. The van der Waals surface area contributed by atoms with Gasteiger partial charge in [0.05, 0.1) is 0 Å². The fraction of sp³-hybridized carbons (Fsp3) is 0.625. The van der Waals surface area contributed by atoms with Crippen molar-refractivity contribution in [3.63, 3.8) is 0 Å². The summed E-state index contributed by atoms with van der Waals surface area (Å²) in [5.41, 5.74) is 8.50. The Labute approximate surface area is 112 Å². The number of hydrogen-bond acceptors (Lipinski definition) is 2. The van der Waals surface area contributed by atoms with Gasteiger partial charge in [-0.15, -0.1) is 0 Å². The second-order valence-corrected chi connectivity index (χ2v) is 4.86. The Kier molecular flexibility index (Phi) is 7.51. The van der Waals surface area contributed by atoms with E-state index in [1.54, 1.807) is 0 Å². The Bertz CT molecular complexity index is 315. The average Bonchev–Trinajstić information content (AvgIpc) is 2.40. The number of unbranched alkanes of at least 4 members (excludes halogenated alkanes) is 2. The fourth-order valence-electron chi connectivity index (χ4n) is 2.24. The summed E-state index contributed by atoms with van der Waals surface area (Å²) < 4.78 is 0. The van der Waals surface area contributed by atoms with Crippen molar-refractivity contribution in [3.8, 4) is 0 Å².